The number of aromatic nitrogens is 5. The Morgan fingerprint density at radius 1 is 1.18 bits per heavy atom. The maximum atomic E-state index is 4.22. The fourth-order valence-electron chi connectivity index (χ4n) is 2.51. The van der Waals surface area contributed by atoms with Crippen molar-refractivity contribution in [3.8, 4) is 0 Å². The van der Waals surface area contributed by atoms with Crippen LogP contribution in [0.1, 0.15) is 28.1 Å². The zero-order valence-corrected chi connectivity index (χ0v) is 12.9. The normalized spacial score (nSPS) is 11.0. The number of nitrogens with one attached hydrogen (secondary N) is 2. The quantitative estimate of drug-likeness (QED) is 0.729. The van der Waals surface area contributed by atoms with Gasteiger partial charge in [0.2, 0.25) is 0 Å². The molecule has 0 fully saturated rings. The van der Waals surface area contributed by atoms with Crippen LogP contribution in [-0.2, 0) is 19.6 Å². The zero-order chi connectivity index (χ0) is 15.4. The van der Waals surface area contributed by atoms with Crippen molar-refractivity contribution in [2.75, 3.05) is 0 Å². The molecule has 3 aromatic rings. The molecular formula is C16H20N6. The molecule has 0 unspecified atom stereocenters. The summed E-state index contributed by atoms with van der Waals surface area (Å²) in [6, 6.07) is 8.52. The Hall–Kier alpha value is -2.47. The number of hydrogen-bond acceptors (Lipinski definition) is 4. The van der Waals surface area contributed by atoms with Gasteiger partial charge in [-0.15, -0.1) is 0 Å². The molecule has 0 spiro atoms. The highest BCUT2D eigenvalue weighted by molar-refractivity contribution is 5.25. The molecular weight excluding hydrogens is 276 g/mol. The Morgan fingerprint density at radius 3 is 2.77 bits per heavy atom. The smallest absolute Gasteiger partial charge is 0.137 e. The molecule has 0 amide bonds. The van der Waals surface area contributed by atoms with Crippen molar-refractivity contribution in [2.24, 2.45) is 0 Å². The largest absolute Gasteiger partial charge is 0.308 e. The summed E-state index contributed by atoms with van der Waals surface area (Å²) in [5, 5.41) is 14.8. The number of nitrogens with zero attached hydrogens (tertiary/aromatic N) is 4. The molecule has 6 heteroatoms. The first-order chi connectivity index (χ1) is 10.7. The van der Waals surface area contributed by atoms with E-state index in [0.29, 0.717) is 0 Å². The number of rotatable bonds is 6. The molecule has 6 nitrogen and oxygen atoms in total. The molecule has 0 aliphatic rings. The molecule has 0 aliphatic heterocycles. The molecule has 114 valence electrons. The first-order valence-corrected chi connectivity index (χ1v) is 7.34. The summed E-state index contributed by atoms with van der Waals surface area (Å²) in [6.07, 6.45) is 3.29. The van der Waals surface area contributed by atoms with E-state index in [9.17, 15) is 0 Å². The molecule has 0 saturated heterocycles. The highest BCUT2D eigenvalue weighted by Gasteiger charge is 2.05. The minimum absolute atomic E-state index is 0.744. The zero-order valence-electron chi connectivity index (χ0n) is 12.9. The number of H-pyrrole nitrogens is 1. The lowest BCUT2D eigenvalue weighted by Crippen LogP contribution is -2.14. The van der Waals surface area contributed by atoms with Gasteiger partial charge in [-0.3, -0.25) is 5.10 Å². The lowest BCUT2D eigenvalue weighted by Gasteiger charge is -2.08. The van der Waals surface area contributed by atoms with E-state index in [4.69, 9.17) is 0 Å². The summed E-state index contributed by atoms with van der Waals surface area (Å²) in [7, 11) is 0. The van der Waals surface area contributed by atoms with Crippen LogP contribution in [0.15, 0.2) is 36.9 Å². The van der Waals surface area contributed by atoms with Crippen molar-refractivity contribution >= 4 is 0 Å². The van der Waals surface area contributed by atoms with Gasteiger partial charge in [-0.25, -0.2) is 9.67 Å². The third-order valence-electron chi connectivity index (χ3n) is 3.71. The van der Waals surface area contributed by atoms with E-state index in [2.05, 4.69) is 56.8 Å². The van der Waals surface area contributed by atoms with E-state index in [-0.39, 0.29) is 0 Å². The molecule has 0 radical (unpaired) electrons. The lowest BCUT2D eigenvalue weighted by molar-refractivity contribution is 0.674. The molecule has 2 aromatic heterocycles. The lowest BCUT2D eigenvalue weighted by atomic mass is 10.1. The monoisotopic (exact) mass is 296 g/mol. The van der Waals surface area contributed by atoms with Gasteiger partial charge >= 0.3 is 0 Å². The van der Waals surface area contributed by atoms with Crippen LogP contribution in [0.4, 0.5) is 0 Å². The Morgan fingerprint density at radius 2 is 2.05 bits per heavy atom. The topological polar surface area (TPSA) is 71.4 Å². The Kier molecular flexibility index (Phi) is 4.29. The molecule has 0 bridgehead atoms. The van der Waals surface area contributed by atoms with Crippen molar-refractivity contribution < 1.29 is 0 Å². The molecule has 2 N–H and O–H groups in total. The van der Waals surface area contributed by atoms with E-state index in [1.807, 2.05) is 11.6 Å². The molecule has 3 rings (SSSR count). The fraction of sp³-hybridized carbons (Fsp3) is 0.312. The van der Waals surface area contributed by atoms with Gasteiger partial charge in [-0.2, -0.15) is 10.2 Å². The van der Waals surface area contributed by atoms with Crippen molar-refractivity contribution in [2.45, 2.75) is 33.5 Å². The summed E-state index contributed by atoms with van der Waals surface area (Å²) >= 11 is 0. The van der Waals surface area contributed by atoms with E-state index in [1.54, 1.807) is 12.7 Å². The average molecular weight is 296 g/mol. The first-order valence-electron chi connectivity index (χ1n) is 7.34. The Labute approximate surface area is 129 Å². The van der Waals surface area contributed by atoms with Crippen LogP contribution in [0.25, 0.3) is 0 Å². The van der Waals surface area contributed by atoms with Gasteiger partial charge in [-0.1, -0.05) is 24.3 Å². The van der Waals surface area contributed by atoms with Gasteiger partial charge < -0.3 is 5.32 Å². The number of aryl methyl sites for hydroxylation is 2. The third kappa shape index (κ3) is 3.40. The van der Waals surface area contributed by atoms with Crippen molar-refractivity contribution in [1.82, 2.24) is 30.3 Å². The van der Waals surface area contributed by atoms with Crippen LogP contribution in [-0.4, -0.2) is 25.0 Å². The highest BCUT2D eigenvalue weighted by atomic mass is 15.3. The van der Waals surface area contributed by atoms with Crippen molar-refractivity contribution in [1.29, 1.82) is 0 Å². The number of hydrogen-bond donors (Lipinski definition) is 2. The minimum atomic E-state index is 0.744. The van der Waals surface area contributed by atoms with Gasteiger partial charge in [0.15, 0.2) is 0 Å². The maximum absolute atomic E-state index is 4.22. The molecule has 0 atom stereocenters. The van der Waals surface area contributed by atoms with E-state index < -0.39 is 0 Å². The SMILES string of the molecule is Cc1n[nH]c(C)c1CNCc1cccc(Cn2cncn2)c1. The maximum Gasteiger partial charge on any atom is 0.137 e. The molecule has 0 aliphatic carbocycles. The van der Waals surface area contributed by atoms with Crippen LogP contribution in [0.2, 0.25) is 0 Å². The van der Waals surface area contributed by atoms with Crippen LogP contribution in [0.3, 0.4) is 0 Å². The van der Waals surface area contributed by atoms with Gasteiger partial charge in [0.1, 0.15) is 12.7 Å². The predicted molar refractivity (Wildman–Crippen MR) is 84.2 cm³/mol. The molecule has 2 heterocycles. The number of aromatic amines is 1. The van der Waals surface area contributed by atoms with Gasteiger partial charge in [0.05, 0.1) is 12.2 Å². The molecule has 1 aromatic carbocycles. The second kappa shape index (κ2) is 6.53. The summed E-state index contributed by atoms with van der Waals surface area (Å²) in [4.78, 5) is 3.97. The Balaban J connectivity index is 1.59. The predicted octanol–water partition coefficient (Wildman–Crippen LogP) is 1.96. The fourth-order valence-corrected chi connectivity index (χ4v) is 2.51. The second-order valence-corrected chi connectivity index (χ2v) is 5.43. The summed E-state index contributed by atoms with van der Waals surface area (Å²) in [5.74, 6) is 0. The van der Waals surface area contributed by atoms with Crippen molar-refractivity contribution in [3.05, 3.63) is 65.0 Å². The van der Waals surface area contributed by atoms with Crippen LogP contribution >= 0.6 is 0 Å². The first kappa shape index (κ1) is 14.5. The van der Waals surface area contributed by atoms with E-state index in [1.165, 1.54) is 16.7 Å². The van der Waals surface area contributed by atoms with Crippen molar-refractivity contribution in [3.63, 3.8) is 0 Å². The van der Waals surface area contributed by atoms with Gasteiger partial charge in [-0.05, 0) is 25.0 Å². The van der Waals surface area contributed by atoms with Crippen LogP contribution < -0.4 is 5.32 Å². The van der Waals surface area contributed by atoms with E-state index in [0.717, 1.165) is 31.0 Å². The van der Waals surface area contributed by atoms with Crippen LogP contribution in [0, 0.1) is 13.8 Å². The van der Waals surface area contributed by atoms with Gasteiger partial charge in [0, 0.05) is 24.3 Å². The summed E-state index contributed by atoms with van der Waals surface area (Å²) in [6.45, 7) is 6.47. The molecule has 0 saturated carbocycles. The highest BCUT2D eigenvalue weighted by Crippen LogP contribution is 2.10. The molecule has 22 heavy (non-hydrogen) atoms. The average Bonchev–Trinajstić information content (AvgIpc) is 3.12. The minimum Gasteiger partial charge on any atom is -0.308 e. The summed E-state index contributed by atoms with van der Waals surface area (Å²) < 4.78 is 1.82. The standard InChI is InChI=1S/C16H20N6/c1-12-16(13(2)21-20-12)8-17-7-14-4-3-5-15(6-14)9-22-11-18-10-19-22/h3-6,10-11,17H,7-9H2,1-2H3,(H,20,21). The van der Waals surface area contributed by atoms with Gasteiger partial charge in [0.25, 0.3) is 0 Å². The summed E-state index contributed by atoms with van der Waals surface area (Å²) in [5.41, 5.74) is 5.92. The number of benzene rings is 1. The Bertz CT molecular complexity index is 709. The van der Waals surface area contributed by atoms with E-state index >= 15 is 0 Å². The second-order valence-electron chi connectivity index (χ2n) is 5.43. The third-order valence-corrected chi connectivity index (χ3v) is 3.71. The van der Waals surface area contributed by atoms with Crippen LogP contribution in [0.5, 0.6) is 0 Å².